The van der Waals surface area contributed by atoms with Gasteiger partial charge in [-0.2, -0.15) is 0 Å². The summed E-state index contributed by atoms with van der Waals surface area (Å²) < 4.78 is 5.30. The highest BCUT2D eigenvalue weighted by Gasteiger charge is 2.13. The van der Waals surface area contributed by atoms with Gasteiger partial charge in [-0.05, 0) is 12.1 Å². The first-order valence-corrected chi connectivity index (χ1v) is 8.20. The number of thiazole rings is 1. The van der Waals surface area contributed by atoms with Gasteiger partial charge in [0.2, 0.25) is 11.8 Å². The molecule has 0 bridgehead atoms. The molecule has 0 aliphatic rings. The normalized spacial score (nSPS) is 10.1. The van der Waals surface area contributed by atoms with Gasteiger partial charge in [-0.15, -0.1) is 11.3 Å². The van der Waals surface area contributed by atoms with Crippen LogP contribution < -0.4 is 15.4 Å². The van der Waals surface area contributed by atoms with Gasteiger partial charge in [0.05, 0.1) is 31.3 Å². The molecule has 0 aliphatic heterocycles. The molecule has 8 nitrogen and oxygen atoms in total. The Morgan fingerprint density at radius 2 is 1.88 bits per heavy atom. The average Bonchev–Trinajstić information content (AvgIpc) is 3.06. The molecule has 0 saturated heterocycles. The summed E-state index contributed by atoms with van der Waals surface area (Å²) in [5.41, 5.74) is 1.42. The third kappa shape index (κ3) is 5.57. The monoisotopic (exact) mass is 363 g/mol. The topological polar surface area (TPSA) is 118 Å². The maximum atomic E-state index is 11.9. The number of para-hydroxylation sites is 1. The molecule has 1 heterocycles. The number of aromatic nitrogens is 1. The Hall–Kier alpha value is -2.94. The number of carbonyl (C=O) groups is 3. The van der Waals surface area contributed by atoms with Crippen LogP contribution >= 0.6 is 11.3 Å². The second-order valence-electron chi connectivity index (χ2n) is 4.97. The number of carbonyl (C=O) groups excluding carboxylic acids is 2. The number of amides is 2. The van der Waals surface area contributed by atoms with Gasteiger partial charge < -0.3 is 20.5 Å². The second kappa shape index (κ2) is 8.78. The van der Waals surface area contributed by atoms with Crippen molar-refractivity contribution in [3.8, 4) is 16.3 Å². The minimum Gasteiger partial charge on any atom is -0.496 e. The maximum absolute atomic E-state index is 11.9. The van der Waals surface area contributed by atoms with Crippen LogP contribution in [0.15, 0.2) is 29.6 Å². The lowest BCUT2D eigenvalue weighted by Crippen LogP contribution is -2.39. The Morgan fingerprint density at radius 1 is 1.16 bits per heavy atom. The number of rotatable bonds is 8. The molecule has 1 aromatic carbocycles. The summed E-state index contributed by atoms with van der Waals surface area (Å²) in [5.74, 6) is -1.39. The molecule has 9 heteroatoms. The molecule has 0 unspecified atom stereocenters. The molecule has 2 aromatic rings. The van der Waals surface area contributed by atoms with E-state index in [9.17, 15) is 14.4 Å². The molecule has 0 saturated carbocycles. The van der Waals surface area contributed by atoms with Gasteiger partial charge in [0.15, 0.2) is 0 Å². The predicted octanol–water partition coefficient (Wildman–Crippen LogP) is 0.678. The van der Waals surface area contributed by atoms with E-state index in [1.807, 2.05) is 24.3 Å². The van der Waals surface area contributed by atoms with Crippen LogP contribution in [0.25, 0.3) is 10.6 Å². The zero-order valence-corrected chi connectivity index (χ0v) is 14.3. The number of nitrogens with one attached hydrogen (secondary N) is 2. The van der Waals surface area contributed by atoms with Crippen LogP contribution in [0.5, 0.6) is 5.75 Å². The maximum Gasteiger partial charge on any atom is 0.322 e. The van der Waals surface area contributed by atoms with Gasteiger partial charge in [-0.25, -0.2) is 4.98 Å². The molecule has 3 N–H and O–H groups in total. The van der Waals surface area contributed by atoms with E-state index in [1.54, 1.807) is 12.5 Å². The third-order valence-corrected chi connectivity index (χ3v) is 4.04. The van der Waals surface area contributed by atoms with E-state index in [-0.39, 0.29) is 18.9 Å². The first kappa shape index (κ1) is 18.4. The van der Waals surface area contributed by atoms with Crippen molar-refractivity contribution in [2.45, 2.75) is 6.42 Å². The number of carboxylic acid groups (broad SMARTS) is 1. The van der Waals surface area contributed by atoms with Crippen LogP contribution in [0.4, 0.5) is 0 Å². The minimum atomic E-state index is -1.15. The highest BCUT2D eigenvalue weighted by molar-refractivity contribution is 7.13. The number of nitrogens with zero attached hydrogens (tertiary/aromatic N) is 1. The lowest BCUT2D eigenvalue weighted by molar-refractivity contribution is -0.137. The van der Waals surface area contributed by atoms with E-state index in [0.29, 0.717) is 11.4 Å². The summed E-state index contributed by atoms with van der Waals surface area (Å²) >= 11 is 1.39. The lowest BCUT2D eigenvalue weighted by atomic mass is 10.2. The van der Waals surface area contributed by atoms with Crippen molar-refractivity contribution >= 4 is 29.1 Å². The molecule has 132 valence electrons. The SMILES string of the molecule is COc1ccccc1-c1nc(CC(=O)NCC(=O)NCC(=O)O)cs1. The fraction of sp³-hybridized carbons (Fsp3) is 0.250. The first-order valence-electron chi connectivity index (χ1n) is 7.32. The van der Waals surface area contributed by atoms with E-state index in [0.717, 1.165) is 10.6 Å². The second-order valence-corrected chi connectivity index (χ2v) is 5.83. The van der Waals surface area contributed by atoms with E-state index in [1.165, 1.54) is 11.3 Å². The molecule has 0 spiro atoms. The Morgan fingerprint density at radius 3 is 2.60 bits per heavy atom. The highest BCUT2D eigenvalue weighted by Crippen LogP contribution is 2.31. The van der Waals surface area contributed by atoms with Crippen LogP contribution in [-0.2, 0) is 20.8 Å². The number of aliphatic carboxylic acids is 1. The van der Waals surface area contributed by atoms with Gasteiger partial charge in [0, 0.05) is 5.38 Å². The van der Waals surface area contributed by atoms with Crippen molar-refractivity contribution in [3.63, 3.8) is 0 Å². The Balaban J connectivity index is 1.89. The van der Waals surface area contributed by atoms with E-state index < -0.39 is 18.4 Å². The highest BCUT2D eigenvalue weighted by atomic mass is 32.1. The number of hydrogen-bond donors (Lipinski definition) is 3. The molecule has 0 radical (unpaired) electrons. The molecule has 0 atom stereocenters. The summed E-state index contributed by atoms with van der Waals surface area (Å²) in [5, 5.41) is 15.5. The van der Waals surface area contributed by atoms with Gasteiger partial charge >= 0.3 is 5.97 Å². The zero-order chi connectivity index (χ0) is 18.2. The zero-order valence-electron chi connectivity index (χ0n) is 13.4. The summed E-state index contributed by atoms with van der Waals surface area (Å²) in [4.78, 5) is 37.9. The minimum absolute atomic E-state index is 0.0257. The van der Waals surface area contributed by atoms with Crippen molar-refractivity contribution in [1.29, 1.82) is 0 Å². The summed E-state index contributed by atoms with van der Waals surface area (Å²) in [6.07, 6.45) is 0.0257. The lowest BCUT2D eigenvalue weighted by Gasteiger charge is -2.05. The predicted molar refractivity (Wildman–Crippen MR) is 91.5 cm³/mol. The van der Waals surface area contributed by atoms with Crippen LogP contribution in [0.2, 0.25) is 0 Å². The summed E-state index contributed by atoms with van der Waals surface area (Å²) in [6.45, 7) is -0.765. The first-order chi connectivity index (χ1) is 12.0. The summed E-state index contributed by atoms with van der Waals surface area (Å²) in [6, 6.07) is 7.45. The molecule has 2 rings (SSSR count). The molecule has 1 aromatic heterocycles. The van der Waals surface area contributed by atoms with E-state index in [2.05, 4.69) is 15.6 Å². The number of carboxylic acids is 1. The van der Waals surface area contributed by atoms with Crippen molar-refractivity contribution < 1.29 is 24.2 Å². The molecule has 2 amide bonds. The number of hydrogen-bond acceptors (Lipinski definition) is 6. The van der Waals surface area contributed by atoms with Crippen molar-refractivity contribution in [3.05, 3.63) is 35.3 Å². The number of benzene rings is 1. The molecular weight excluding hydrogens is 346 g/mol. The van der Waals surface area contributed by atoms with Gasteiger partial charge in [-0.3, -0.25) is 14.4 Å². The van der Waals surface area contributed by atoms with Crippen molar-refractivity contribution in [1.82, 2.24) is 15.6 Å². The van der Waals surface area contributed by atoms with Crippen LogP contribution in [0, 0.1) is 0 Å². The van der Waals surface area contributed by atoms with Gasteiger partial charge in [-0.1, -0.05) is 12.1 Å². The average molecular weight is 363 g/mol. The van der Waals surface area contributed by atoms with Gasteiger partial charge in [0.25, 0.3) is 0 Å². The largest absolute Gasteiger partial charge is 0.496 e. The van der Waals surface area contributed by atoms with Crippen LogP contribution in [0.1, 0.15) is 5.69 Å². The number of ether oxygens (including phenoxy) is 1. The van der Waals surface area contributed by atoms with E-state index >= 15 is 0 Å². The summed E-state index contributed by atoms with van der Waals surface area (Å²) in [7, 11) is 1.58. The van der Waals surface area contributed by atoms with Gasteiger partial charge in [0.1, 0.15) is 17.3 Å². The van der Waals surface area contributed by atoms with E-state index in [4.69, 9.17) is 9.84 Å². The smallest absolute Gasteiger partial charge is 0.322 e. The standard InChI is InChI=1S/C16H17N3O5S/c1-24-12-5-3-2-4-11(12)16-19-10(9-25-16)6-13(20)17-7-14(21)18-8-15(22)23/h2-5,9H,6-8H2,1H3,(H,17,20)(H,18,21)(H,22,23). The molecule has 25 heavy (non-hydrogen) atoms. The van der Waals surface area contributed by atoms with Crippen LogP contribution in [-0.4, -0.2) is 48.1 Å². The number of methoxy groups -OCH3 is 1. The molecule has 0 aliphatic carbocycles. The Labute approximate surface area is 147 Å². The molecular formula is C16H17N3O5S. The van der Waals surface area contributed by atoms with Crippen LogP contribution in [0.3, 0.4) is 0 Å². The quantitative estimate of drug-likeness (QED) is 0.635. The Kier molecular flexibility index (Phi) is 6.47. The Bertz CT molecular complexity index is 775. The fourth-order valence-electron chi connectivity index (χ4n) is 1.98. The third-order valence-electron chi connectivity index (χ3n) is 3.11. The van der Waals surface area contributed by atoms with Crippen molar-refractivity contribution in [2.24, 2.45) is 0 Å². The van der Waals surface area contributed by atoms with Crippen molar-refractivity contribution in [2.75, 3.05) is 20.2 Å². The molecule has 0 fully saturated rings. The fourth-order valence-corrected chi connectivity index (χ4v) is 2.83.